The molecule has 6 heterocycles. The second-order valence-electron chi connectivity index (χ2n) is 30.0. The number of aromatic nitrogens is 14. The Morgan fingerprint density at radius 3 is 0.714 bits per heavy atom. The van der Waals surface area contributed by atoms with Gasteiger partial charge in [-0.1, -0.05) is 255 Å². The fraction of sp³-hybridized carbons (Fsp3) is 0.0190. The fourth-order valence-corrected chi connectivity index (χ4v) is 16.3. The number of benzene rings is 15. The van der Waals surface area contributed by atoms with Crippen molar-refractivity contribution < 1.29 is 26.3 Å². The lowest BCUT2D eigenvalue weighted by Gasteiger charge is -2.22. The Labute approximate surface area is 715 Å². The molecule has 21 heteroatoms. The lowest BCUT2D eigenvalue weighted by Crippen LogP contribution is -2.14. The summed E-state index contributed by atoms with van der Waals surface area (Å²) in [7, 11) is 0. The van der Waals surface area contributed by atoms with Gasteiger partial charge in [0.1, 0.15) is 0 Å². The molecule has 0 fully saturated rings. The lowest BCUT2D eigenvalue weighted by molar-refractivity contribution is -0.142. The van der Waals surface area contributed by atoms with Crippen LogP contribution in [-0.2, 0) is 12.4 Å². The van der Waals surface area contributed by atoms with E-state index in [1.54, 1.807) is 18.2 Å². The number of nitrogens with zero attached hydrogens (tertiary/aromatic N) is 15. The molecule has 0 amide bonds. The van der Waals surface area contributed by atoms with Gasteiger partial charge in [0, 0.05) is 111 Å². The van der Waals surface area contributed by atoms with Crippen molar-refractivity contribution in [2.75, 3.05) is 0 Å². The van der Waals surface area contributed by atoms with E-state index in [0.29, 0.717) is 154 Å². The van der Waals surface area contributed by atoms with Crippen LogP contribution in [0.25, 0.3) is 214 Å². The molecule has 0 saturated carbocycles. The molecule has 0 saturated heterocycles. The minimum atomic E-state index is -5.29. The Balaban J connectivity index is 0.823. The number of halogens is 6. The topological polar surface area (TPSA) is 188 Å². The van der Waals surface area contributed by atoms with E-state index >= 15 is 26.3 Å². The Hall–Kier alpha value is -17.0. The minimum absolute atomic E-state index is 0.0288. The van der Waals surface area contributed by atoms with Gasteiger partial charge in [0.05, 0.1) is 50.5 Å². The summed E-state index contributed by atoms with van der Waals surface area (Å²) in [5.74, 6) is 4.75. The van der Waals surface area contributed by atoms with E-state index in [2.05, 4.69) is 6.07 Å². The number of nitriles is 1. The molecular formula is C105H61F6N15. The maximum atomic E-state index is 15.8. The number of alkyl halides is 6. The second-order valence-corrected chi connectivity index (χ2v) is 30.0. The second kappa shape index (κ2) is 31.5. The fourth-order valence-electron chi connectivity index (χ4n) is 16.3. The van der Waals surface area contributed by atoms with Gasteiger partial charge >= 0.3 is 12.4 Å². The van der Waals surface area contributed by atoms with Crippen LogP contribution >= 0.6 is 0 Å². The number of rotatable bonds is 16. The molecule has 15 nitrogen and oxygen atoms in total. The predicted molar refractivity (Wildman–Crippen MR) is 479 cm³/mol. The number of hydrogen-bond acceptors (Lipinski definition) is 13. The molecule has 21 aromatic rings. The van der Waals surface area contributed by atoms with Crippen LogP contribution in [0.1, 0.15) is 16.7 Å². The van der Waals surface area contributed by atoms with Crippen molar-refractivity contribution in [2.45, 2.75) is 12.4 Å². The molecular weight excluding hydrogens is 1590 g/mol. The van der Waals surface area contributed by atoms with E-state index in [4.69, 9.17) is 59.8 Å². The molecule has 126 heavy (non-hydrogen) atoms. The van der Waals surface area contributed by atoms with E-state index in [0.717, 1.165) is 50.6 Å². The number of hydrogen-bond donors (Lipinski definition) is 0. The first-order chi connectivity index (χ1) is 61.6. The minimum Gasteiger partial charge on any atom is -0.309 e. The van der Waals surface area contributed by atoms with E-state index in [9.17, 15) is 5.26 Å². The van der Waals surface area contributed by atoms with Crippen molar-refractivity contribution in [3.8, 4) is 176 Å². The van der Waals surface area contributed by atoms with Gasteiger partial charge in [-0.05, 0) is 121 Å². The third-order valence-electron chi connectivity index (χ3n) is 22.2. The molecule has 0 radical (unpaired) electrons. The van der Waals surface area contributed by atoms with Crippen LogP contribution in [0.3, 0.4) is 0 Å². The van der Waals surface area contributed by atoms with Crippen molar-refractivity contribution in [1.82, 2.24) is 68.9 Å². The van der Waals surface area contributed by atoms with Crippen LogP contribution in [0.5, 0.6) is 0 Å². The van der Waals surface area contributed by atoms with Gasteiger partial charge in [-0.25, -0.2) is 59.8 Å². The molecule has 0 spiro atoms. The maximum absolute atomic E-state index is 15.8. The summed E-state index contributed by atoms with van der Waals surface area (Å²) in [6, 6.07) is 114. The quantitative estimate of drug-likeness (QED) is 0.0832. The highest BCUT2D eigenvalue weighted by Crippen LogP contribution is 2.49. The summed E-state index contributed by atoms with van der Waals surface area (Å²) in [6.07, 6.45) is -10.6. The summed E-state index contributed by atoms with van der Waals surface area (Å²) in [4.78, 5) is 61.2. The summed E-state index contributed by atoms with van der Waals surface area (Å²) in [5.41, 5.74) is 7.08. The number of fused-ring (bicyclic) bond motifs is 6. The standard InChI is InChI=1S/C105H61F6N15/c106-104(107,108)84-42-25-43-85(105(109,110)111)91(84)71-45-51-88(126-89-54-48-74(102-121-96(67-34-17-5-18-35-67)115-97(122-102)68-36-19-6-20-37-68)59-82(89)83-60-75(49-55-90(83)126)103-123-98(69-38-21-7-22-39-69)116-99(124-103)70-40-23-8-24-41-70)79(56-71)78-61-77(50-44-76(78)62-112)125-86-52-46-72(100-117-92(63-26-9-1-10-27-63)113-93(118-100)64-28-11-2-12-29-64)57-80(86)81-58-73(47-53-87(81)125)101-119-94(65-30-13-3-14-31-65)114-95(120-101)66-32-15-4-16-33-66/h1-61H. The Bertz CT molecular complexity index is 7220. The van der Waals surface area contributed by atoms with Gasteiger partial charge in [-0.15, -0.1) is 0 Å². The molecule has 15 aromatic carbocycles. The molecule has 0 atom stereocenters. The average molecular weight is 1650 g/mol. The van der Waals surface area contributed by atoms with Crippen molar-refractivity contribution in [3.63, 3.8) is 0 Å². The third kappa shape index (κ3) is 14.4. The highest BCUT2D eigenvalue weighted by Gasteiger charge is 2.42. The van der Waals surface area contributed by atoms with E-state index in [-0.39, 0.29) is 22.4 Å². The normalized spacial score (nSPS) is 11.7. The maximum Gasteiger partial charge on any atom is 0.417 e. The largest absolute Gasteiger partial charge is 0.417 e. The van der Waals surface area contributed by atoms with Crippen LogP contribution in [0, 0.1) is 11.3 Å². The molecule has 6 aromatic heterocycles. The molecule has 0 unspecified atom stereocenters. The Morgan fingerprint density at radius 2 is 0.460 bits per heavy atom. The Kier molecular flexibility index (Phi) is 19.1. The van der Waals surface area contributed by atoms with Gasteiger partial charge < -0.3 is 9.13 Å². The van der Waals surface area contributed by atoms with Gasteiger partial charge in [0.2, 0.25) is 0 Å². The van der Waals surface area contributed by atoms with Crippen LogP contribution in [0.4, 0.5) is 26.3 Å². The van der Waals surface area contributed by atoms with Crippen molar-refractivity contribution in [3.05, 3.63) is 387 Å². The zero-order chi connectivity index (χ0) is 85.2. The zero-order valence-corrected chi connectivity index (χ0v) is 66.2. The first kappa shape index (κ1) is 76.4. The average Bonchev–Trinajstić information content (AvgIpc) is 1.53. The lowest BCUT2D eigenvalue weighted by atomic mass is 9.89. The van der Waals surface area contributed by atoms with E-state index in [1.165, 1.54) is 18.2 Å². The summed E-state index contributed by atoms with van der Waals surface area (Å²) < 4.78 is 99.0. The highest BCUT2D eigenvalue weighted by atomic mass is 19.4. The van der Waals surface area contributed by atoms with Crippen molar-refractivity contribution in [2.24, 2.45) is 0 Å². The van der Waals surface area contributed by atoms with Crippen LogP contribution < -0.4 is 0 Å². The first-order valence-electron chi connectivity index (χ1n) is 40.3. The van der Waals surface area contributed by atoms with Crippen molar-refractivity contribution >= 4 is 43.6 Å². The molecule has 0 aliphatic heterocycles. The SMILES string of the molecule is N#Cc1ccc(-n2c3ccc(-c4nc(-c5ccccc5)nc(-c5ccccc5)n4)cc3c3cc(-c4nc(-c5ccccc5)nc(-c5ccccc5)n4)ccc32)cc1-c1cc(-c2c(C(F)(F)F)cccc2C(F)(F)F)ccc1-n1c2ccc(-c3nc(-c4ccccc4)nc(-c4ccccc4)n3)cc2c2cc(-c3nc(-c4ccccc4)nc(-c4ccccc4)n3)ccc21. The monoisotopic (exact) mass is 1650 g/mol. The van der Waals surface area contributed by atoms with Crippen LogP contribution in [-0.4, -0.2) is 68.9 Å². The Morgan fingerprint density at radius 1 is 0.214 bits per heavy atom. The molecule has 0 bridgehead atoms. The predicted octanol–water partition coefficient (Wildman–Crippen LogP) is 25.9. The molecule has 0 aliphatic rings. The van der Waals surface area contributed by atoms with Gasteiger partial charge in [-0.3, -0.25) is 0 Å². The van der Waals surface area contributed by atoms with Gasteiger partial charge in [-0.2, -0.15) is 31.6 Å². The summed E-state index contributed by atoms with van der Waals surface area (Å²) in [5, 5.41) is 14.4. The van der Waals surface area contributed by atoms with E-state index < -0.39 is 34.6 Å². The summed E-state index contributed by atoms with van der Waals surface area (Å²) >= 11 is 0. The van der Waals surface area contributed by atoms with Gasteiger partial charge in [0.15, 0.2) is 69.9 Å². The van der Waals surface area contributed by atoms with Crippen molar-refractivity contribution in [1.29, 1.82) is 5.26 Å². The zero-order valence-electron chi connectivity index (χ0n) is 66.2. The third-order valence-corrected chi connectivity index (χ3v) is 22.2. The molecule has 0 N–H and O–H groups in total. The van der Waals surface area contributed by atoms with Gasteiger partial charge in [0.25, 0.3) is 0 Å². The first-order valence-corrected chi connectivity index (χ1v) is 40.3. The van der Waals surface area contributed by atoms with Crippen LogP contribution in [0.2, 0.25) is 0 Å². The molecule has 598 valence electrons. The highest BCUT2D eigenvalue weighted by molar-refractivity contribution is 6.14. The van der Waals surface area contributed by atoms with Crippen LogP contribution in [0.15, 0.2) is 370 Å². The molecule has 21 rings (SSSR count). The smallest absolute Gasteiger partial charge is 0.309 e. The molecule has 0 aliphatic carbocycles. The van der Waals surface area contributed by atoms with E-state index in [1.807, 2.05) is 325 Å². The summed E-state index contributed by atoms with van der Waals surface area (Å²) in [6.45, 7) is 0.